The van der Waals surface area contributed by atoms with E-state index in [4.69, 9.17) is 16.3 Å². The maximum Gasteiger partial charge on any atom is 0.328 e. The Balaban J connectivity index is 2.25. The largest absolute Gasteiger partial charge is 0.464 e. The molecule has 0 amide bonds. The maximum atomic E-state index is 11.5. The number of ether oxygens (including phenoxy) is 1. The average molecular weight is 286 g/mol. The van der Waals surface area contributed by atoms with Crippen LogP contribution in [0.15, 0.2) is 11.4 Å². The Labute approximate surface area is 113 Å². The van der Waals surface area contributed by atoms with Crippen molar-refractivity contribution in [1.29, 1.82) is 0 Å². The number of rotatable bonds is 4. The van der Waals surface area contributed by atoms with Crippen molar-refractivity contribution in [3.63, 3.8) is 0 Å². The Hall–Kier alpha value is -1.40. The SMILES string of the molecule is CCOC(=O)C(C)Nc1nc(Cl)nc2sccc12. The normalized spacial score (nSPS) is 12.4. The Morgan fingerprint density at radius 3 is 3.11 bits per heavy atom. The van der Waals surface area contributed by atoms with E-state index in [0.717, 1.165) is 10.2 Å². The lowest BCUT2D eigenvalue weighted by Crippen LogP contribution is -2.28. The molecule has 0 aromatic carbocycles. The van der Waals surface area contributed by atoms with Crippen molar-refractivity contribution in [2.24, 2.45) is 0 Å². The summed E-state index contributed by atoms with van der Waals surface area (Å²) in [6.07, 6.45) is 0. The highest BCUT2D eigenvalue weighted by atomic mass is 35.5. The second-order valence-electron chi connectivity index (χ2n) is 3.60. The topological polar surface area (TPSA) is 64.1 Å². The van der Waals surface area contributed by atoms with Crippen LogP contribution in [0.25, 0.3) is 10.2 Å². The van der Waals surface area contributed by atoms with Crippen LogP contribution in [-0.4, -0.2) is 28.6 Å². The first-order valence-electron chi connectivity index (χ1n) is 5.45. The number of aromatic nitrogens is 2. The van der Waals surface area contributed by atoms with Crippen LogP contribution in [0.1, 0.15) is 13.8 Å². The molecular weight excluding hydrogens is 274 g/mol. The lowest BCUT2D eigenvalue weighted by molar-refractivity contribution is -0.143. The molecule has 0 spiro atoms. The third-order valence-corrected chi connectivity index (χ3v) is 3.27. The van der Waals surface area contributed by atoms with Gasteiger partial charge in [-0.05, 0) is 36.9 Å². The van der Waals surface area contributed by atoms with Gasteiger partial charge in [-0.2, -0.15) is 0 Å². The third kappa shape index (κ3) is 2.70. The van der Waals surface area contributed by atoms with E-state index in [9.17, 15) is 4.79 Å². The van der Waals surface area contributed by atoms with Gasteiger partial charge in [0.1, 0.15) is 16.7 Å². The van der Waals surface area contributed by atoms with E-state index in [-0.39, 0.29) is 11.3 Å². The van der Waals surface area contributed by atoms with Crippen molar-refractivity contribution in [1.82, 2.24) is 9.97 Å². The zero-order chi connectivity index (χ0) is 13.1. The van der Waals surface area contributed by atoms with Crippen LogP contribution < -0.4 is 5.32 Å². The van der Waals surface area contributed by atoms with Gasteiger partial charge in [-0.25, -0.2) is 14.8 Å². The summed E-state index contributed by atoms with van der Waals surface area (Å²) in [5.74, 6) is 0.224. The number of carbonyl (C=O) groups excluding carboxylic acids is 1. The van der Waals surface area contributed by atoms with E-state index in [1.54, 1.807) is 13.8 Å². The van der Waals surface area contributed by atoms with E-state index >= 15 is 0 Å². The molecule has 2 aromatic heterocycles. The number of nitrogens with zero attached hydrogens (tertiary/aromatic N) is 2. The maximum absolute atomic E-state index is 11.5. The van der Waals surface area contributed by atoms with Crippen molar-refractivity contribution < 1.29 is 9.53 Å². The molecule has 0 bridgehead atoms. The van der Waals surface area contributed by atoms with E-state index in [0.29, 0.717) is 12.4 Å². The van der Waals surface area contributed by atoms with Gasteiger partial charge in [0.05, 0.1) is 12.0 Å². The van der Waals surface area contributed by atoms with Crippen LogP contribution in [-0.2, 0) is 9.53 Å². The summed E-state index contributed by atoms with van der Waals surface area (Å²) < 4.78 is 4.92. The number of esters is 1. The van der Waals surface area contributed by atoms with Gasteiger partial charge in [0.2, 0.25) is 5.28 Å². The second kappa shape index (κ2) is 5.49. The van der Waals surface area contributed by atoms with E-state index < -0.39 is 6.04 Å². The molecule has 1 atom stereocenters. The lowest BCUT2D eigenvalue weighted by Gasteiger charge is -2.13. The minimum Gasteiger partial charge on any atom is -0.464 e. The van der Waals surface area contributed by atoms with Crippen LogP contribution in [0.5, 0.6) is 0 Å². The van der Waals surface area contributed by atoms with Crippen LogP contribution in [0.2, 0.25) is 5.28 Å². The summed E-state index contributed by atoms with van der Waals surface area (Å²) >= 11 is 7.30. The monoisotopic (exact) mass is 285 g/mol. The number of thiophene rings is 1. The number of halogens is 1. The highest BCUT2D eigenvalue weighted by molar-refractivity contribution is 7.16. The fourth-order valence-corrected chi connectivity index (χ4v) is 2.45. The highest BCUT2D eigenvalue weighted by Gasteiger charge is 2.16. The lowest BCUT2D eigenvalue weighted by atomic mass is 10.3. The molecule has 0 saturated carbocycles. The fourth-order valence-electron chi connectivity index (χ4n) is 1.47. The van der Waals surface area contributed by atoms with Crippen molar-refractivity contribution in [2.45, 2.75) is 19.9 Å². The van der Waals surface area contributed by atoms with Gasteiger partial charge in [-0.15, -0.1) is 11.3 Å². The Morgan fingerprint density at radius 1 is 1.61 bits per heavy atom. The molecule has 1 unspecified atom stereocenters. The van der Waals surface area contributed by atoms with Gasteiger partial charge in [0, 0.05) is 0 Å². The summed E-state index contributed by atoms with van der Waals surface area (Å²) in [7, 11) is 0. The molecule has 0 aliphatic heterocycles. The number of anilines is 1. The highest BCUT2D eigenvalue weighted by Crippen LogP contribution is 2.26. The van der Waals surface area contributed by atoms with Crippen LogP contribution in [0.4, 0.5) is 5.82 Å². The quantitative estimate of drug-likeness (QED) is 0.691. The number of hydrogen-bond acceptors (Lipinski definition) is 6. The summed E-state index contributed by atoms with van der Waals surface area (Å²) in [6, 6.07) is 1.40. The number of nitrogens with one attached hydrogen (secondary N) is 1. The Bertz CT molecular complexity index is 572. The first-order chi connectivity index (χ1) is 8.61. The average Bonchev–Trinajstić information content (AvgIpc) is 2.77. The summed E-state index contributed by atoms with van der Waals surface area (Å²) in [5.41, 5.74) is 0. The summed E-state index contributed by atoms with van der Waals surface area (Å²) in [5, 5.41) is 5.90. The molecule has 1 N–H and O–H groups in total. The third-order valence-electron chi connectivity index (χ3n) is 2.29. The molecule has 2 heterocycles. The van der Waals surface area contributed by atoms with Crippen molar-refractivity contribution in [3.8, 4) is 0 Å². The molecule has 2 aromatic rings. The number of fused-ring (bicyclic) bond motifs is 1. The van der Waals surface area contributed by atoms with Gasteiger partial charge in [-0.1, -0.05) is 0 Å². The molecule has 18 heavy (non-hydrogen) atoms. The van der Waals surface area contributed by atoms with E-state index in [1.165, 1.54) is 11.3 Å². The molecule has 0 aliphatic rings. The van der Waals surface area contributed by atoms with Crippen LogP contribution in [0.3, 0.4) is 0 Å². The zero-order valence-electron chi connectivity index (χ0n) is 9.94. The first-order valence-corrected chi connectivity index (χ1v) is 6.71. The molecule has 0 fully saturated rings. The molecule has 0 radical (unpaired) electrons. The number of carbonyl (C=O) groups is 1. The van der Waals surface area contributed by atoms with Crippen molar-refractivity contribution in [3.05, 3.63) is 16.7 Å². The van der Waals surface area contributed by atoms with Crippen molar-refractivity contribution in [2.75, 3.05) is 11.9 Å². The predicted molar refractivity (Wildman–Crippen MR) is 72.1 cm³/mol. The van der Waals surface area contributed by atoms with Crippen LogP contribution >= 0.6 is 22.9 Å². The predicted octanol–water partition coefficient (Wildman–Crippen LogP) is 2.71. The minimum atomic E-state index is -0.487. The van der Waals surface area contributed by atoms with Crippen molar-refractivity contribution >= 4 is 44.9 Å². The molecule has 96 valence electrons. The van der Waals surface area contributed by atoms with Gasteiger partial charge < -0.3 is 10.1 Å². The van der Waals surface area contributed by atoms with Crippen LogP contribution in [0, 0.1) is 0 Å². The second-order valence-corrected chi connectivity index (χ2v) is 4.83. The Morgan fingerprint density at radius 2 is 2.39 bits per heavy atom. The van der Waals surface area contributed by atoms with E-state index in [1.807, 2.05) is 11.4 Å². The Kier molecular flexibility index (Phi) is 3.98. The molecule has 0 aliphatic carbocycles. The van der Waals surface area contributed by atoms with Gasteiger partial charge in [-0.3, -0.25) is 0 Å². The number of hydrogen-bond donors (Lipinski definition) is 1. The summed E-state index contributed by atoms with van der Waals surface area (Å²) in [4.78, 5) is 20.5. The summed E-state index contributed by atoms with van der Waals surface area (Å²) in [6.45, 7) is 3.83. The fraction of sp³-hybridized carbons (Fsp3) is 0.364. The molecular formula is C11H12ClN3O2S. The smallest absolute Gasteiger partial charge is 0.328 e. The first kappa shape index (κ1) is 13.0. The zero-order valence-corrected chi connectivity index (χ0v) is 11.5. The molecule has 0 saturated heterocycles. The standard InChI is InChI=1S/C11H12ClN3O2S/c1-3-17-10(16)6(2)13-8-7-4-5-18-9(7)15-11(12)14-8/h4-6H,3H2,1-2H3,(H,13,14,15). The van der Waals surface area contributed by atoms with Gasteiger partial charge in [0.15, 0.2) is 0 Å². The van der Waals surface area contributed by atoms with Gasteiger partial charge >= 0.3 is 5.97 Å². The molecule has 5 nitrogen and oxygen atoms in total. The molecule has 2 rings (SSSR count). The molecule has 7 heteroatoms. The van der Waals surface area contributed by atoms with Gasteiger partial charge in [0.25, 0.3) is 0 Å². The van der Waals surface area contributed by atoms with E-state index in [2.05, 4.69) is 15.3 Å². The minimum absolute atomic E-state index is 0.156.